The zero-order valence-electron chi connectivity index (χ0n) is 12.0. The van der Waals surface area contributed by atoms with E-state index in [1.54, 1.807) is 17.1 Å². The summed E-state index contributed by atoms with van der Waals surface area (Å²) in [6, 6.07) is 11.3. The Balaban J connectivity index is 1.80. The lowest BCUT2D eigenvalue weighted by molar-refractivity contribution is 0.800. The van der Waals surface area contributed by atoms with E-state index in [0.29, 0.717) is 17.3 Å². The summed E-state index contributed by atoms with van der Waals surface area (Å²) >= 11 is 0. The van der Waals surface area contributed by atoms with Crippen molar-refractivity contribution >= 4 is 28.2 Å². The molecule has 8 heteroatoms. The smallest absolute Gasteiger partial charge is 0.184 e. The van der Waals surface area contributed by atoms with Crippen molar-refractivity contribution < 1.29 is 0 Å². The van der Waals surface area contributed by atoms with Crippen molar-refractivity contribution in [2.24, 2.45) is 0 Å². The molecular weight excluding hydrogens is 292 g/mol. The van der Waals surface area contributed by atoms with Crippen molar-refractivity contribution in [3.8, 4) is 5.82 Å². The molecule has 0 unspecified atom stereocenters. The molecule has 4 rings (SSSR count). The van der Waals surface area contributed by atoms with E-state index < -0.39 is 0 Å². The third-order valence-corrected chi connectivity index (χ3v) is 3.34. The van der Waals surface area contributed by atoms with Crippen LogP contribution in [0.25, 0.3) is 16.9 Å². The number of rotatable bonds is 3. The van der Waals surface area contributed by atoms with Crippen LogP contribution in [0.5, 0.6) is 0 Å². The van der Waals surface area contributed by atoms with Crippen LogP contribution in [-0.4, -0.2) is 29.9 Å². The molecule has 0 saturated carbocycles. The van der Waals surface area contributed by atoms with Gasteiger partial charge in [0.2, 0.25) is 0 Å². The number of hydrogen-bond donors (Lipinski definition) is 2. The van der Waals surface area contributed by atoms with E-state index in [9.17, 15) is 0 Å². The van der Waals surface area contributed by atoms with E-state index in [0.717, 1.165) is 16.7 Å². The van der Waals surface area contributed by atoms with Gasteiger partial charge in [0.25, 0.3) is 0 Å². The normalized spacial score (nSPS) is 10.8. The summed E-state index contributed by atoms with van der Waals surface area (Å²) in [5, 5.41) is 11.4. The molecule has 3 heterocycles. The van der Waals surface area contributed by atoms with Crippen molar-refractivity contribution in [2.45, 2.75) is 0 Å². The van der Waals surface area contributed by atoms with Gasteiger partial charge in [-0.1, -0.05) is 17.3 Å². The van der Waals surface area contributed by atoms with Gasteiger partial charge in [-0.25, -0.2) is 9.97 Å². The van der Waals surface area contributed by atoms with Gasteiger partial charge in [0.1, 0.15) is 17.5 Å². The molecule has 23 heavy (non-hydrogen) atoms. The summed E-state index contributed by atoms with van der Waals surface area (Å²) in [6.07, 6.45) is 4.81. The van der Waals surface area contributed by atoms with Crippen LogP contribution in [-0.2, 0) is 0 Å². The molecular formula is C15H12N8. The Morgan fingerprint density at radius 2 is 1.96 bits per heavy atom. The van der Waals surface area contributed by atoms with Gasteiger partial charge < -0.3 is 11.1 Å². The van der Waals surface area contributed by atoms with Gasteiger partial charge >= 0.3 is 0 Å². The van der Waals surface area contributed by atoms with E-state index in [4.69, 9.17) is 5.73 Å². The van der Waals surface area contributed by atoms with E-state index in [1.165, 1.54) is 6.33 Å². The number of nitrogens with one attached hydrogen (secondary N) is 1. The van der Waals surface area contributed by atoms with Crippen LogP contribution in [0.4, 0.5) is 17.2 Å². The molecule has 0 aliphatic carbocycles. The SMILES string of the molecule is Nc1c(Nc2cccnc2)ncnc1-n1nnc2ccccc21. The molecule has 0 saturated heterocycles. The number of pyridine rings is 1. The van der Waals surface area contributed by atoms with Crippen LogP contribution in [0.15, 0.2) is 55.1 Å². The van der Waals surface area contributed by atoms with Crippen LogP contribution in [0.2, 0.25) is 0 Å². The minimum absolute atomic E-state index is 0.381. The number of benzene rings is 1. The highest BCUT2D eigenvalue weighted by Crippen LogP contribution is 2.26. The maximum atomic E-state index is 6.22. The fraction of sp³-hybridized carbons (Fsp3) is 0. The second kappa shape index (κ2) is 5.34. The first kappa shape index (κ1) is 13.1. The maximum Gasteiger partial charge on any atom is 0.184 e. The Hall–Kier alpha value is -3.55. The largest absolute Gasteiger partial charge is 0.393 e. The quantitative estimate of drug-likeness (QED) is 0.595. The molecule has 0 bridgehead atoms. The first-order valence-electron chi connectivity index (χ1n) is 6.91. The fourth-order valence-corrected chi connectivity index (χ4v) is 2.25. The molecule has 4 aromatic rings. The standard InChI is InChI=1S/C15H12N8/c16-13-14(20-10-4-3-7-17-8-10)18-9-19-15(13)23-12-6-2-1-5-11(12)21-22-23/h1-9H,16H2,(H,18,19,20). The lowest BCUT2D eigenvalue weighted by Gasteiger charge is -2.10. The topological polar surface area (TPSA) is 107 Å². The minimum Gasteiger partial charge on any atom is -0.393 e. The molecule has 0 aliphatic heterocycles. The van der Waals surface area contributed by atoms with Crippen LogP contribution >= 0.6 is 0 Å². The van der Waals surface area contributed by atoms with Crippen molar-refractivity contribution in [1.82, 2.24) is 29.9 Å². The number of nitrogen functional groups attached to an aromatic ring is 1. The van der Waals surface area contributed by atoms with Gasteiger partial charge in [0.15, 0.2) is 11.6 Å². The van der Waals surface area contributed by atoms with Crippen molar-refractivity contribution in [1.29, 1.82) is 0 Å². The summed E-state index contributed by atoms with van der Waals surface area (Å²) in [5.74, 6) is 0.961. The lowest BCUT2D eigenvalue weighted by atomic mass is 10.3. The first-order chi connectivity index (χ1) is 11.3. The summed E-state index contributed by atoms with van der Waals surface area (Å²) < 4.78 is 1.60. The number of aromatic nitrogens is 6. The highest BCUT2D eigenvalue weighted by Gasteiger charge is 2.14. The van der Waals surface area contributed by atoms with E-state index >= 15 is 0 Å². The maximum absolute atomic E-state index is 6.22. The van der Waals surface area contributed by atoms with Crippen molar-refractivity contribution in [3.63, 3.8) is 0 Å². The van der Waals surface area contributed by atoms with E-state index in [1.807, 2.05) is 36.4 Å². The molecule has 0 spiro atoms. The Kier molecular flexibility index (Phi) is 3.05. The van der Waals surface area contributed by atoms with Gasteiger partial charge in [0.05, 0.1) is 17.4 Å². The van der Waals surface area contributed by atoms with Crippen LogP contribution < -0.4 is 11.1 Å². The first-order valence-corrected chi connectivity index (χ1v) is 6.91. The summed E-state index contributed by atoms with van der Waals surface area (Å²) in [4.78, 5) is 12.5. The van der Waals surface area contributed by atoms with Gasteiger partial charge in [-0.15, -0.1) is 5.10 Å². The third kappa shape index (κ3) is 2.31. The Morgan fingerprint density at radius 1 is 1.04 bits per heavy atom. The molecule has 0 atom stereocenters. The Morgan fingerprint density at radius 3 is 2.83 bits per heavy atom. The van der Waals surface area contributed by atoms with Crippen LogP contribution in [0.3, 0.4) is 0 Å². The lowest BCUT2D eigenvalue weighted by Crippen LogP contribution is -2.08. The number of nitrogens with two attached hydrogens (primary N) is 1. The molecule has 0 radical (unpaired) electrons. The second-order valence-electron chi connectivity index (χ2n) is 4.82. The highest BCUT2D eigenvalue weighted by molar-refractivity contribution is 5.80. The average molecular weight is 304 g/mol. The summed E-state index contributed by atoms with van der Waals surface area (Å²) in [7, 11) is 0. The number of fused-ring (bicyclic) bond motifs is 1. The zero-order valence-corrected chi connectivity index (χ0v) is 12.0. The van der Waals surface area contributed by atoms with Gasteiger partial charge in [0, 0.05) is 6.20 Å². The second-order valence-corrected chi connectivity index (χ2v) is 4.82. The van der Waals surface area contributed by atoms with Gasteiger partial charge in [-0.05, 0) is 24.3 Å². The highest BCUT2D eigenvalue weighted by atomic mass is 15.4. The average Bonchev–Trinajstić information content (AvgIpc) is 3.02. The van der Waals surface area contributed by atoms with Gasteiger partial charge in [-0.2, -0.15) is 4.68 Å². The predicted octanol–water partition coefficient (Wildman–Crippen LogP) is 1.93. The molecule has 8 nitrogen and oxygen atoms in total. The number of hydrogen-bond acceptors (Lipinski definition) is 7. The molecule has 0 fully saturated rings. The van der Waals surface area contributed by atoms with E-state index in [-0.39, 0.29) is 0 Å². The molecule has 112 valence electrons. The third-order valence-electron chi connectivity index (χ3n) is 3.34. The van der Waals surface area contributed by atoms with Crippen LogP contribution in [0, 0.1) is 0 Å². The Bertz CT molecular complexity index is 964. The molecule has 0 amide bonds. The Labute approximate surface area is 131 Å². The summed E-state index contributed by atoms with van der Waals surface area (Å²) in [6.45, 7) is 0. The number of para-hydroxylation sites is 1. The minimum atomic E-state index is 0.381. The molecule has 0 aliphatic rings. The molecule has 3 aromatic heterocycles. The fourth-order valence-electron chi connectivity index (χ4n) is 2.25. The number of nitrogens with zero attached hydrogens (tertiary/aromatic N) is 6. The molecule has 3 N–H and O–H groups in total. The number of anilines is 3. The monoisotopic (exact) mass is 304 g/mol. The predicted molar refractivity (Wildman–Crippen MR) is 86.4 cm³/mol. The molecule has 1 aromatic carbocycles. The summed E-state index contributed by atoms with van der Waals surface area (Å²) in [5.41, 5.74) is 8.98. The van der Waals surface area contributed by atoms with Crippen LogP contribution in [0.1, 0.15) is 0 Å². The van der Waals surface area contributed by atoms with Crippen molar-refractivity contribution in [2.75, 3.05) is 11.1 Å². The van der Waals surface area contributed by atoms with E-state index in [2.05, 4.69) is 30.6 Å². The zero-order chi connectivity index (χ0) is 15.6. The van der Waals surface area contributed by atoms with Crippen molar-refractivity contribution in [3.05, 3.63) is 55.1 Å². The van der Waals surface area contributed by atoms with Gasteiger partial charge in [-0.3, -0.25) is 4.98 Å².